The molecule has 0 aliphatic carbocycles. The Morgan fingerprint density at radius 3 is 2.79 bits per heavy atom. The molecule has 2 heterocycles. The molecule has 1 amide bonds. The first-order valence-corrected chi connectivity index (χ1v) is 6.36. The molecule has 100 valence electrons. The molecular weight excluding hydrogens is 267 g/mol. The van der Waals surface area contributed by atoms with E-state index in [1.807, 2.05) is 13.8 Å². The van der Waals surface area contributed by atoms with E-state index in [1.54, 1.807) is 6.07 Å². The molecule has 0 bridgehead atoms. The van der Waals surface area contributed by atoms with Gasteiger partial charge in [-0.3, -0.25) is 4.79 Å². The lowest BCUT2D eigenvalue weighted by molar-refractivity contribution is -0.127. The lowest BCUT2D eigenvalue weighted by Gasteiger charge is -2.42. The highest BCUT2D eigenvalue weighted by molar-refractivity contribution is 7.80. The van der Waals surface area contributed by atoms with Crippen LogP contribution < -0.4 is 15.4 Å². The fraction of sp³-hybridized carbons (Fsp3) is 0.385. The molecule has 1 aromatic rings. The van der Waals surface area contributed by atoms with Crippen molar-refractivity contribution in [3.05, 3.63) is 29.6 Å². The van der Waals surface area contributed by atoms with Crippen LogP contribution in [-0.2, 0) is 10.3 Å². The molecule has 3 rings (SSSR count). The molecular formula is C13H13FN2O2S. The topological polar surface area (TPSA) is 50.4 Å². The van der Waals surface area contributed by atoms with Crippen molar-refractivity contribution in [2.75, 3.05) is 0 Å². The Morgan fingerprint density at radius 2 is 2.16 bits per heavy atom. The Labute approximate surface area is 115 Å². The summed E-state index contributed by atoms with van der Waals surface area (Å²) in [7, 11) is 0. The third kappa shape index (κ3) is 1.78. The number of fused-ring (bicyclic) bond motifs is 2. The molecule has 0 radical (unpaired) electrons. The number of thiocarbonyl (C=S) groups is 1. The van der Waals surface area contributed by atoms with Gasteiger partial charge >= 0.3 is 0 Å². The number of rotatable bonds is 0. The van der Waals surface area contributed by atoms with Crippen LogP contribution in [0.3, 0.4) is 0 Å². The van der Waals surface area contributed by atoms with Gasteiger partial charge in [-0.15, -0.1) is 0 Å². The van der Waals surface area contributed by atoms with Gasteiger partial charge < -0.3 is 15.4 Å². The molecule has 0 aromatic heterocycles. The van der Waals surface area contributed by atoms with E-state index in [-0.39, 0.29) is 11.0 Å². The average molecular weight is 280 g/mol. The van der Waals surface area contributed by atoms with Crippen molar-refractivity contribution in [2.45, 2.75) is 31.4 Å². The number of benzene rings is 1. The first kappa shape index (κ1) is 12.3. The highest BCUT2D eigenvalue weighted by Gasteiger charge is 2.54. The molecule has 2 N–H and O–H groups in total. The van der Waals surface area contributed by atoms with E-state index in [0.29, 0.717) is 17.7 Å². The highest BCUT2D eigenvalue weighted by atomic mass is 32.1. The van der Waals surface area contributed by atoms with Crippen molar-refractivity contribution in [2.24, 2.45) is 0 Å². The maximum Gasteiger partial charge on any atom is 0.256 e. The second-order valence-corrected chi connectivity index (χ2v) is 5.90. The zero-order chi connectivity index (χ0) is 13.8. The molecule has 4 nitrogen and oxygen atoms in total. The molecule has 2 aliphatic rings. The number of hydrogen-bond donors (Lipinski definition) is 2. The van der Waals surface area contributed by atoms with E-state index in [9.17, 15) is 9.18 Å². The van der Waals surface area contributed by atoms with E-state index >= 15 is 0 Å². The Balaban J connectivity index is 2.23. The number of carbonyl (C=O) groups is 1. The van der Waals surface area contributed by atoms with Crippen LogP contribution in [-0.4, -0.2) is 16.6 Å². The average Bonchev–Trinajstić information content (AvgIpc) is 2.54. The summed E-state index contributed by atoms with van der Waals surface area (Å²) in [5.41, 5.74) is -1.10. The number of halogens is 1. The highest BCUT2D eigenvalue weighted by Crippen LogP contribution is 2.45. The molecule has 19 heavy (non-hydrogen) atoms. The number of ether oxygens (including phenoxy) is 1. The van der Waals surface area contributed by atoms with Gasteiger partial charge in [0.15, 0.2) is 10.7 Å². The lowest BCUT2D eigenvalue weighted by Crippen LogP contribution is -2.53. The fourth-order valence-corrected chi connectivity index (χ4v) is 3.06. The van der Waals surface area contributed by atoms with Crippen LogP contribution in [0.1, 0.15) is 25.8 Å². The summed E-state index contributed by atoms with van der Waals surface area (Å²) < 4.78 is 19.3. The Morgan fingerprint density at radius 1 is 1.42 bits per heavy atom. The monoisotopic (exact) mass is 280 g/mol. The van der Waals surface area contributed by atoms with Crippen molar-refractivity contribution in [3.8, 4) is 5.75 Å². The fourth-order valence-electron chi connectivity index (χ4n) is 2.80. The minimum absolute atomic E-state index is 0.262. The number of amides is 1. The van der Waals surface area contributed by atoms with Gasteiger partial charge in [0.1, 0.15) is 17.2 Å². The van der Waals surface area contributed by atoms with Gasteiger partial charge in [0, 0.05) is 12.0 Å². The van der Waals surface area contributed by atoms with Crippen LogP contribution in [0.2, 0.25) is 0 Å². The lowest BCUT2D eigenvalue weighted by atomic mass is 9.77. The minimum Gasteiger partial charge on any atom is -0.487 e. The maximum absolute atomic E-state index is 13.5. The molecule has 1 aromatic carbocycles. The van der Waals surface area contributed by atoms with Gasteiger partial charge in [-0.2, -0.15) is 0 Å². The van der Waals surface area contributed by atoms with Crippen LogP contribution in [0.15, 0.2) is 18.2 Å². The van der Waals surface area contributed by atoms with E-state index in [1.165, 1.54) is 12.1 Å². The summed E-state index contributed by atoms with van der Waals surface area (Å²) in [6, 6.07) is 4.19. The van der Waals surface area contributed by atoms with Crippen molar-refractivity contribution < 1.29 is 13.9 Å². The molecule has 1 saturated heterocycles. The predicted octanol–water partition coefficient (Wildman–Crippen LogP) is 1.59. The molecule has 2 aliphatic heterocycles. The number of nitrogens with one attached hydrogen (secondary N) is 2. The van der Waals surface area contributed by atoms with Crippen LogP contribution in [0, 0.1) is 5.82 Å². The summed E-state index contributed by atoms with van der Waals surface area (Å²) >= 11 is 5.01. The second kappa shape index (κ2) is 3.66. The largest absolute Gasteiger partial charge is 0.487 e. The standard InChI is InChI=1S/C13H13FN2O2S/c1-12(2)6-13(10(17)15-11(19)16-13)8-5-7(14)3-4-9(8)18-12/h3-5H,6H2,1-2H3,(H2,15,16,17,19). The Hall–Kier alpha value is -1.69. The summed E-state index contributed by atoms with van der Waals surface area (Å²) in [6.45, 7) is 3.77. The van der Waals surface area contributed by atoms with Crippen molar-refractivity contribution in [1.82, 2.24) is 10.6 Å². The Kier molecular flexibility index (Phi) is 2.38. The van der Waals surface area contributed by atoms with Gasteiger partial charge in [-0.25, -0.2) is 4.39 Å². The van der Waals surface area contributed by atoms with Gasteiger partial charge in [-0.05, 0) is 44.3 Å². The van der Waals surface area contributed by atoms with E-state index in [2.05, 4.69) is 10.6 Å². The number of hydrogen-bond acceptors (Lipinski definition) is 3. The van der Waals surface area contributed by atoms with Crippen LogP contribution in [0.25, 0.3) is 0 Å². The molecule has 6 heteroatoms. The van der Waals surface area contributed by atoms with Crippen LogP contribution >= 0.6 is 12.2 Å². The van der Waals surface area contributed by atoms with Crippen LogP contribution in [0.5, 0.6) is 5.75 Å². The van der Waals surface area contributed by atoms with E-state index in [0.717, 1.165) is 0 Å². The maximum atomic E-state index is 13.5. The Bertz CT molecular complexity index is 602. The van der Waals surface area contributed by atoms with Gasteiger partial charge in [0.25, 0.3) is 5.91 Å². The third-order valence-corrected chi connectivity index (χ3v) is 3.62. The summed E-state index contributed by atoms with van der Waals surface area (Å²) in [5.74, 6) is -0.167. The SMILES string of the molecule is CC1(C)CC2(NC(=S)NC2=O)c2cc(F)ccc2O1. The summed E-state index contributed by atoms with van der Waals surface area (Å²) in [5, 5.41) is 5.82. The number of carbonyl (C=O) groups excluding carboxylic acids is 1. The molecule has 1 unspecified atom stereocenters. The predicted molar refractivity (Wildman–Crippen MR) is 71.3 cm³/mol. The van der Waals surface area contributed by atoms with Gasteiger partial charge in [0.05, 0.1) is 0 Å². The third-order valence-electron chi connectivity index (χ3n) is 3.42. The zero-order valence-corrected chi connectivity index (χ0v) is 11.4. The van der Waals surface area contributed by atoms with Crippen LogP contribution in [0.4, 0.5) is 4.39 Å². The molecule has 1 atom stereocenters. The summed E-state index contributed by atoms with van der Waals surface area (Å²) in [4.78, 5) is 12.3. The molecule has 0 saturated carbocycles. The van der Waals surface area contributed by atoms with Crippen molar-refractivity contribution in [3.63, 3.8) is 0 Å². The zero-order valence-electron chi connectivity index (χ0n) is 10.5. The van der Waals surface area contributed by atoms with E-state index in [4.69, 9.17) is 17.0 Å². The molecule has 1 spiro atoms. The summed E-state index contributed by atoms with van der Waals surface area (Å²) in [6.07, 6.45) is 0.377. The first-order chi connectivity index (χ1) is 8.82. The van der Waals surface area contributed by atoms with Crippen molar-refractivity contribution in [1.29, 1.82) is 0 Å². The first-order valence-electron chi connectivity index (χ1n) is 5.95. The smallest absolute Gasteiger partial charge is 0.256 e. The van der Waals surface area contributed by atoms with Gasteiger partial charge in [0.2, 0.25) is 0 Å². The minimum atomic E-state index is -1.05. The molecule has 1 fully saturated rings. The van der Waals surface area contributed by atoms with Crippen molar-refractivity contribution >= 4 is 23.2 Å². The van der Waals surface area contributed by atoms with E-state index < -0.39 is 17.0 Å². The second-order valence-electron chi connectivity index (χ2n) is 5.49. The normalized spacial score (nSPS) is 27.5. The van der Waals surface area contributed by atoms with Gasteiger partial charge in [-0.1, -0.05) is 0 Å². The quantitative estimate of drug-likeness (QED) is 0.709.